The lowest BCUT2D eigenvalue weighted by molar-refractivity contribution is 0.208. The number of nitrogens with one attached hydrogen (secondary N) is 1. The predicted molar refractivity (Wildman–Crippen MR) is 89.0 cm³/mol. The third-order valence-corrected chi connectivity index (χ3v) is 3.91. The van der Waals surface area contributed by atoms with Crippen molar-refractivity contribution in [2.24, 2.45) is 0 Å². The van der Waals surface area contributed by atoms with Gasteiger partial charge in [0.25, 0.3) is 0 Å². The first-order valence-electron chi connectivity index (χ1n) is 7.61. The molecule has 6 nitrogen and oxygen atoms in total. The van der Waals surface area contributed by atoms with E-state index < -0.39 is 0 Å². The Hall–Kier alpha value is -2.96. The summed E-state index contributed by atoms with van der Waals surface area (Å²) in [5.41, 5.74) is 1.26. The Morgan fingerprint density at radius 1 is 0.958 bits per heavy atom. The van der Waals surface area contributed by atoms with Crippen LogP contribution in [-0.4, -0.2) is 47.3 Å². The van der Waals surface area contributed by atoms with E-state index in [4.69, 9.17) is 0 Å². The van der Waals surface area contributed by atoms with Crippen LogP contribution in [0.1, 0.15) is 0 Å². The fourth-order valence-corrected chi connectivity index (χ4v) is 2.69. The van der Waals surface area contributed by atoms with E-state index in [-0.39, 0.29) is 23.3 Å². The molecular weight excluding hydrogens is 313 g/mol. The molecule has 0 unspecified atom stereocenters. The maximum Gasteiger partial charge on any atom is 0.321 e. The Morgan fingerprint density at radius 2 is 1.54 bits per heavy atom. The van der Waals surface area contributed by atoms with Crippen LogP contribution in [-0.2, 0) is 0 Å². The van der Waals surface area contributed by atoms with Crippen molar-refractivity contribution in [3.05, 3.63) is 48.3 Å². The van der Waals surface area contributed by atoms with Crippen LogP contribution in [0.3, 0.4) is 0 Å². The highest BCUT2D eigenvalue weighted by Gasteiger charge is 2.21. The molecule has 1 aliphatic rings. The number of hydrogen-bond donors (Lipinski definition) is 3. The summed E-state index contributed by atoms with van der Waals surface area (Å²) in [7, 11) is 0. The van der Waals surface area contributed by atoms with Crippen LogP contribution in [0.25, 0.3) is 0 Å². The van der Waals surface area contributed by atoms with E-state index in [0.717, 1.165) is 5.69 Å². The average Bonchev–Trinajstić information content (AvgIpc) is 2.55. The second kappa shape index (κ2) is 6.66. The predicted octanol–water partition coefficient (Wildman–Crippen LogP) is 2.59. The zero-order valence-corrected chi connectivity index (χ0v) is 12.9. The van der Waals surface area contributed by atoms with E-state index in [1.807, 2.05) is 0 Å². The first-order valence-corrected chi connectivity index (χ1v) is 7.61. The zero-order valence-electron chi connectivity index (χ0n) is 12.9. The monoisotopic (exact) mass is 331 g/mol. The number of carbonyl (C=O) groups is 1. The molecule has 1 saturated heterocycles. The molecule has 1 fully saturated rings. The van der Waals surface area contributed by atoms with Crippen LogP contribution in [0, 0.1) is 5.82 Å². The third kappa shape index (κ3) is 3.68. The smallest absolute Gasteiger partial charge is 0.321 e. The van der Waals surface area contributed by atoms with Gasteiger partial charge in [-0.15, -0.1) is 0 Å². The second-order valence-corrected chi connectivity index (χ2v) is 5.62. The normalized spacial score (nSPS) is 14.5. The molecule has 2 aromatic rings. The Balaban J connectivity index is 1.57. The van der Waals surface area contributed by atoms with Gasteiger partial charge in [0.1, 0.15) is 17.3 Å². The molecule has 126 valence electrons. The SMILES string of the molecule is O=C(Nc1cc(O)cc(O)c1)N1CCN(c2ccc(F)cc2)CC1. The van der Waals surface area contributed by atoms with Gasteiger partial charge in [0.2, 0.25) is 0 Å². The molecular formula is C17H18FN3O3. The number of phenols is 2. The summed E-state index contributed by atoms with van der Waals surface area (Å²) >= 11 is 0. The fraction of sp³-hybridized carbons (Fsp3) is 0.235. The van der Waals surface area contributed by atoms with Gasteiger partial charge in [0, 0.05) is 55.8 Å². The van der Waals surface area contributed by atoms with Crippen LogP contribution in [0.5, 0.6) is 11.5 Å². The minimum absolute atomic E-state index is 0.119. The van der Waals surface area contributed by atoms with Gasteiger partial charge in [0.05, 0.1) is 0 Å². The number of aromatic hydroxyl groups is 2. The second-order valence-electron chi connectivity index (χ2n) is 5.62. The van der Waals surface area contributed by atoms with E-state index in [0.29, 0.717) is 31.9 Å². The summed E-state index contributed by atoms with van der Waals surface area (Å²) in [6, 6.07) is 9.92. The van der Waals surface area contributed by atoms with E-state index in [2.05, 4.69) is 10.2 Å². The number of amides is 2. The van der Waals surface area contributed by atoms with E-state index in [1.165, 1.54) is 30.3 Å². The Bertz CT molecular complexity index is 708. The van der Waals surface area contributed by atoms with Gasteiger partial charge in [-0.1, -0.05) is 0 Å². The van der Waals surface area contributed by atoms with Crippen LogP contribution in [0.2, 0.25) is 0 Å². The molecule has 2 amide bonds. The van der Waals surface area contributed by atoms with Gasteiger partial charge < -0.3 is 25.3 Å². The van der Waals surface area contributed by atoms with Gasteiger partial charge in [-0.25, -0.2) is 9.18 Å². The maximum atomic E-state index is 13.0. The number of benzene rings is 2. The highest BCUT2D eigenvalue weighted by molar-refractivity contribution is 5.90. The number of carbonyl (C=O) groups excluding carboxylic acids is 1. The molecule has 1 aliphatic heterocycles. The summed E-state index contributed by atoms with van der Waals surface area (Å²) in [5.74, 6) is -0.510. The molecule has 0 saturated carbocycles. The molecule has 3 N–H and O–H groups in total. The molecule has 0 atom stereocenters. The number of nitrogens with zero attached hydrogens (tertiary/aromatic N) is 2. The Morgan fingerprint density at radius 3 is 2.12 bits per heavy atom. The lowest BCUT2D eigenvalue weighted by Gasteiger charge is -2.36. The molecule has 24 heavy (non-hydrogen) atoms. The number of piperazine rings is 1. The van der Waals surface area contributed by atoms with Crippen molar-refractivity contribution in [1.29, 1.82) is 0 Å². The van der Waals surface area contributed by atoms with Crippen molar-refractivity contribution in [2.45, 2.75) is 0 Å². The summed E-state index contributed by atoms with van der Waals surface area (Å²) in [6.45, 7) is 2.33. The lowest BCUT2D eigenvalue weighted by Crippen LogP contribution is -2.50. The number of halogens is 1. The van der Waals surface area contributed by atoms with Gasteiger partial charge in [-0.3, -0.25) is 0 Å². The van der Waals surface area contributed by atoms with Gasteiger partial charge in [-0.05, 0) is 24.3 Å². The molecule has 0 bridgehead atoms. The van der Waals surface area contributed by atoms with Crippen molar-refractivity contribution in [2.75, 3.05) is 36.4 Å². The van der Waals surface area contributed by atoms with Crippen LogP contribution >= 0.6 is 0 Å². The number of urea groups is 1. The zero-order chi connectivity index (χ0) is 17.1. The molecule has 0 spiro atoms. The molecule has 2 aromatic carbocycles. The molecule has 3 rings (SSSR count). The third-order valence-electron chi connectivity index (χ3n) is 3.91. The average molecular weight is 331 g/mol. The molecule has 0 aromatic heterocycles. The topological polar surface area (TPSA) is 76.0 Å². The number of anilines is 2. The summed E-state index contributed by atoms with van der Waals surface area (Å²) in [6.07, 6.45) is 0. The molecule has 0 aliphatic carbocycles. The minimum atomic E-state index is -0.293. The lowest BCUT2D eigenvalue weighted by atomic mass is 10.2. The Labute approximate surface area is 138 Å². The van der Waals surface area contributed by atoms with Crippen LogP contribution in [0.15, 0.2) is 42.5 Å². The van der Waals surface area contributed by atoms with Crippen molar-refractivity contribution in [3.63, 3.8) is 0 Å². The van der Waals surface area contributed by atoms with Crippen LogP contribution in [0.4, 0.5) is 20.6 Å². The highest BCUT2D eigenvalue weighted by Crippen LogP contribution is 2.24. The van der Waals surface area contributed by atoms with Gasteiger partial charge in [0.15, 0.2) is 0 Å². The summed E-state index contributed by atoms with van der Waals surface area (Å²) in [5, 5.41) is 21.5. The number of phenolic OH excluding ortho intramolecular Hbond substituents is 2. The number of rotatable bonds is 2. The summed E-state index contributed by atoms with van der Waals surface area (Å²) < 4.78 is 13.0. The first-order chi connectivity index (χ1) is 11.5. The highest BCUT2D eigenvalue weighted by atomic mass is 19.1. The maximum absolute atomic E-state index is 13.0. The molecule has 7 heteroatoms. The summed E-state index contributed by atoms with van der Waals surface area (Å²) in [4.78, 5) is 16.0. The largest absolute Gasteiger partial charge is 0.508 e. The number of hydrogen-bond acceptors (Lipinski definition) is 4. The van der Waals surface area contributed by atoms with Crippen molar-refractivity contribution >= 4 is 17.4 Å². The van der Waals surface area contributed by atoms with Gasteiger partial charge >= 0.3 is 6.03 Å². The molecule has 1 heterocycles. The van der Waals surface area contributed by atoms with Crippen molar-refractivity contribution in [1.82, 2.24) is 4.90 Å². The Kier molecular flexibility index (Phi) is 4.41. The first kappa shape index (κ1) is 15.9. The fourth-order valence-electron chi connectivity index (χ4n) is 2.69. The van der Waals surface area contributed by atoms with Crippen molar-refractivity contribution in [3.8, 4) is 11.5 Å². The van der Waals surface area contributed by atoms with E-state index in [9.17, 15) is 19.4 Å². The van der Waals surface area contributed by atoms with Crippen LogP contribution < -0.4 is 10.2 Å². The quantitative estimate of drug-likeness (QED) is 0.791. The van der Waals surface area contributed by atoms with E-state index in [1.54, 1.807) is 17.0 Å². The standard InChI is InChI=1S/C17H18FN3O3/c18-12-1-3-14(4-2-12)20-5-7-21(8-6-20)17(24)19-13-9-15(22)11-16(23)10-13/h1-4,9-11,22-23H,5-8H2,(H,19,24). The van der Waals surface area contributed by atoms with E-state index >= 15 is 0 Å². The minimum Gasteiger partial charge on any atom is -0.508 e. The van der Waals surface area contributed by atoms with Crippen molar-refractivity contribution < 1.29 is 19.4 Å². The van der Waals surface area contributed by atoms with Gasteiger partial charge in [-0.2, -0.15) is 0 Å². The molecule has 0 radical (unpaired) electrons.